The summed E-state index contributed by atoms with van der Waals surface area (Å²) < 4.78 is 5.80. The van der Waals surface area contributed by atoms with Gasteiger partial charge in [0.05, 0.1) is 12.2 Å². The van der Waals surface area contributed by atoms with Crippen molar-refractivity contribution in [2.24, 2.45) is 0 Å². The van der Waals surface area contributed by atoms with E-state index < -0.39 is 0 Å². The van der Waals surface area contributed by atoms with Crippen molar-refractivity contribution >= 4 is 0 Å². The van der Waals surface area contributed by atoms with E-state index in [1.54, 1.807) is 0 Å². The summed E-state index contributed by atoms with van der Waals surface area (Å²) in [6.45, 7) is 12.7. The van der Waals surface area contributed by atoms with Crippen LogP contribution < -0.4 is 0 Å². The van der Waals surface area contributed by atoms with E-state index in [0.717, 1.165) is 32.4 Å². The molecule has 0 unspecified atom stereocenters. The average Bonchev–Trinajstić information content (AvgIpc) is 2.17. The predicted octanol–water partition coefficient (Wildman–Crippen LogP) is 2.80. The Bertz CT molecular complexity index is 181. The summed E-state index contributed by atoms with van der Waals surface area (Å²) in [6, 6.07) is 0. The first-order valence-electron chi connectivity index (χ1n) is 5.71. The molecule has 1 saturated heterocycles. The van der Waals surface area contributed by atoms with E-state index in [9.17, 15) is 0 Å². The molecule has 0 aromatic heterocycles. The molecule has 0 radical (unpaired) electrons. The number of likely N-dealkylation sites (tertiary alicyclic amines) is 1. The van der Waals surface area contributed by atoms with Gasteiger partial charge in [0.1, 0.15) is 0 Å². The van der Waals surface area contributed by atoms with Crippen molar-refractivity contribution in [1.82, 2.24) is 4.90 Å². The van der Waals surface area contributed by atoms with Crippen LogP contribution in [0.5, 0.6) is 0 Å². The first-order valence-corrected chi connectivity index (χ1v) is 5.71. The summed E-state index contributed by atoms with van der Waals surface area (Å²) in [5.41, 5.74) is 1.27. The van der Waals surface area contributed by atoms with E-state index in [4.69, 9.17) is 4.74 Å². The highest BCUT2D eigenvalue weighted by Gasteiger charge is 2.20. The van der Waals surface area contributed by atoms with Crippen LogP contribution in [0.3, 0.4) is 0 Å². The number of ether oxygens (including phenoxy) is 1. The number of hydrogen-bond donors (Lipinski definition) is 0. The molecule has 0 N–H and O–H groups in total. The zero-order valence-corrected chi connectivity index (χ0v) is 9.75. The van der Waals surface area contributed by atoms with Crippen LogP contribution in [0.25, 0.3) is 0 Å². The van der Waals surface area contributed by atoms with Crippen LogP contribution in [0.1, 0.15) is 40.0 Å². The molecule has 0 bridgehead atoms. The minimum absolute atomic E-state index is 0.362. The van der Waals surface area contributed by atoms with E-state index in [2.05, 4.69) is 32.3 Å². The topological polar surface area (TPSA) is 12.5 Å². The molecule has 14 heavy (non-hydrogen) atoms. The largest absolute Gasteiger partial charge is 0.375 e. The summed E-state index contributed by atoms with van der Waals surface area (Å²) in [7, 11) is 0. The van der Waals surface area contributed by atoms with Gasteiger partial charge in [0.25, 0.3) is 0 Å². The fraction of sp³-hybridized carbons (Fsp3) is 0.833. The molecule has 0 aliphatic carbocycles. The number of allylic oxidation sites excluding steroid dienone is 1. The molecule has 82 valence electrons. The second kappa shape index (κ2) is 5.40. The lowest BCUT2D eigenvalue weighted by Gasteiger charge is -2.35. The van der Waals surface area contributed by atoms with Gasteiger partial charge in [-0.15, -0.1) is 0 Å². The highest BCUT2D eigenvalue weighted by molar-refractivity contribution is 4.94. The molecule has 1 fully saturated rings. The third kappa shape index (κ3) is 3.33. The Morgan fingerprint density at radius 3 is 2.43 bits per heavy atom. The van der Waals surface area contributed by atoms with Gasteiger partial charge in [0.2, 0.25) is 0 Å². The normalized spacial score (nSPS) is 19.0. The molecule has 0 saturated carbocycles. The Morgan fingerprint density at radius 1 is 1.43 bits per heavy atom. The van der Waals surface area contributed by atoms with Gasteiger partial charge in [-0.1, -0.05) is 13.5 Å². The van der Waals surface area contributed by atoms with Crippen molar-refractivity contribution in [1.29, 1.82) is 0 Å². The number of nitrogens with zero attached hydrogens (tertiary/aromatic N) is 1. The number of hydrogen-bond acceptors (Lipinski definition) is 2. The molecular weight excluding hydrogens is 174 g/mol. The molecule has 2 nitrogen and oxygen atoms in total. The molecule has 0 aromatic rings. The molecule has 0 aromatic carbocycles. The third-order valence-corrected chi connectivity index (χ3v) is 2.76. The van der Waals surface area contributed by atoms with E-state index in [1.807, 2.05) is 0 Å². The van der Waals surface area contributed by atoms with Crippen LogP contribution >= 0.6 is 0 Å². The summed E-state index contributed by atoms with van der Waals surface area (Å²) in [5, 5.41) is 0. The summed E-state index contributed by atoms with van der Waals surface area (Å²) in [5.74, 6) is 0. The second-order valence-corrected chi connectivity index (χ2v) is 4.29. The van der Waals surface area contributed by atoms with E-state index in [0.29, 0.717) is 12.2 Å². The van der Waals surface area contributed by atoms with Gasteiger partial charge in [0, 0.05) is 18.8 Å². The molecule has 1 aliphatic rings. The first-order chi connectivity index (χ1) is 6.63. The fourth-order valence-electron chi connectivity index (χ4n) is 1.92. The lowest BCUT2D eigenvalue weighted by molar-refractivity contribution is -0.0224. The molecule has 1 aliphatic heterocycles. The van der Waals surface area contributed by atoms with E-state index in [-0.39, 0.29) is 0 Å². The van der Waals surface area contributed by atoms with Crippen molar-refractivity contribution < 1.29 is 4.74 Å². The molecule has 0 amide bonds. The molecular formula is C12H23NO. The summed E-state index contributed by atoms with van der Waals surface area (Å²) >= 11 is 0. The van der Waals surface area contributed by atoms with Crippen LogP contribution in [0.2, 0.25) is 0 Å². The van der Waals surface area contributed by atoms with Gasteiger partial charge in [0.15, 0.2) is 0 Å². The van der Waals surface area contributed by atoms with E-state index >= 15 is 0 Å². The molecule has 1 rings (SSSR count). The average molecular weight is 197 g/mol. The zero-order valence-electron chi connectivity index (χ0n) is 9.75. The minimum atomic E-state index is 0.362. The lowest BCUT2D eigenvalue weighted by atomic mass is 10.1. The maximum atomic E-state index is 5.80. The van der Waals surface area contributed by atoms with Crippen LogP contribution in [-0.2, 0) is 4.74 Å². The number of piperidine rings is 1. The summed E-state index contributed by atoms with van der Waals surface area (Å²) in [6.07, 6.45) is 4.20. The Morgan fingerprint density at radius 2 is 2.00 bits per heavy atom. The third-order valence-electron chi connectivity index (χ3n) is 2.76. The Hall–Kier alpha value is -0.500. The van der Waals surface area contributed by atoms with Gasteiger partial charge in [-0.2, -0.15) is 0 Å². The standard InChI is InChI=1S/C12H23NO/c1-5-11(4)13-8-6-12(7-9-13)14-10(2)3/h10,12H,4-9H2,1-3H3. The van der Waals surface area contributed by atoms with Gasteiger partial charge >= 0.3 is 0 Å². The highest BCUT2D eigenvalue weighted by Crippen LogP contribution is 2.19. The number of rotatable bonds is 4. The second-order valence-electron chi connectivity index (χ2n) is 4.29. The van der Waals surface area contributed by atoms with Crippen molar-refractivity contribution in [3.8, 4) is 0 Å². The first kappa shape index (κ1) is 11.6. The van der Waals surface area contributed by atoms with Crippen molar-refractivity contribution in [2.45, 2.75) is 52.2 Å². The lowest BCUT2D eigenvalue weighted by Crippen LogP contribution is -2.37. The molecule has 2 heteroatoms. The highest BCUT2D eigenvalue weighted by atomic mass is 16.5. The zero-order chi connectivity index (χ0) is 10.6. The van der Waals surface area contributed by atoms with Gasteiger partial charge < -0.3 is 9.64 Å². The quantitative estimate of drug-likeness (QED) is 0.687. The van der Waals surface area contributed by atoms with Crippen molar-refractivity contribution in [3.05, 3.63) is 12.3 Å². The smallest absolute Gasteiger partial charge is 0.0612 e. The predicted molar refractivity (Wildman–Crippen MR) is 60.2 cm³/mol. The Labute approximate surface area is 87.9 Å². The van der Waals surface area contributed by atoms with Crippen molar-refractivity contribution in [2.75, 3.05) is 13.1 Å². The maximum absolute atomic E-state index is 5.80. The van der Waals surface area contributed by atoms with Crippen LogP contribution in [0.15, 0.2) is 12.3 Å². The van der Waals surface area contributed by atoms with E-state index in [1.165, 1.54) is 5.70 Å². The fourth-order valence-corrected chi connectivity index (χ4v) is 1.92. The SMILES string of the molecule is C=C(CC)N1CCC(OC(C)C)CC1. The van der Waals surface area contributed by atoms with Crippen molar-refractivity contribution in [3.63, 3.8) is 0 Å². The van der Waals surface area contributed by atoms with Gasteiger partial charge in [-0.25, -0.2) is 0 Å². The Kier molecular flexibility index (Phi) is 4.46. The Balaban J connectivity index is 2.27. The molecule has 0 atom stereocenters. The summed E-state index contributed by atoms with van der Waals surface area (Å²) in [4.78, 5) is 2.39. The van der Waals surface area contributed by atoms with Gasteiger partial charge in [-0.05, 0) is 33.1 Å². The maximum Gasteiger partial charge on any atom is 0.0612 e. The minimum Gasteiger partial charge on any atom is -0.375 e. The van der Waals surface area contributed by atoms with Crippen LogP contribution in [0, 0.1) is 0 Å². The monoisotopic (exact) mass is 197 g/mol. The molecule has 1 heterocycles. The molecule has 0 spiro atoms. The van der Waals surface area contributed by atoms with Crippen LogP contribution in [0.4, 0.5) is 0 Å². The van der Waals surface area contributed by atoms with Gasteiger partial charge in [-0.3, -0.25) is 0 Å². The van der Waals surface area contributed by atoms with Crippen LogP contribution in [-0.4, -0.2) is 30.2 Å².